The fourth-order valence-corrected chi connectivity index (χ4v) is 1.19. The zero-order chi connectivity index (χ0) is 8.53. The van der Waals surface area contributed by atoms with E-state index in [-0.39, 0.29) is 37.1 Å². The van der Waals surface area contributed by atoms with Crippen LogP contribution in [0.15, 0.2) is 0 Å². The van der Waals surface area contributed by atoms with E-state index in [1.807, 2.05) is 6.92 Å². The fourth-order valence-electron chi connectivity index (χ4n) is 1.19. The molecular formula is C10H23NaO. The van der Waals surface area contributed by atoms with Gasteiger partial charge in [0.15, 0.2) is 0 Å². The van der Waals surface area contributed by atoms with Gasteiger partial charge in [0.25, 0.3) is 0 Å². The number of aliphatic hydroxyl groups is 1. The summed E-state index contributed by atoms with van der Waals surface area (Å²) in [6.45, 7) is 4.26. The van der Waals surface area contributed by atoms with Crippen molar-refractivity contribution in [2.75, 3.05) is 0 Å². The molecule has 0 heterocycles. The van der Waals surface area contributed by atoms with Gasteiger partial charge in [0.2, 0.25) is 0 Å². The van der Waals surface area contributed by atoms with Gasteiger partial charge in [-0.15, -0.1) is 0 Å². The Hall–Kier alpha value is 0.960. The molecule has 1 unspecified atom stereocenters. The predicted molar refractivity (Wildman–Crippen MR) is 50.8 cm³/mol. The first kappa shape index (κ1) is 15.4. The van der Waals surface area contributed by atoms with Crippen molar-refractivity contribution in [1.29, 1.82) is 0 Å². The molecule has 0 bridgehead atoms. The van der Waals surface area contributed by atoms with Gasteiger partial charge in [-0.3, -0.25) is 0 Å². The van der Waals surface area contributed by atoms with Crippen LogP contribution in [0.3, 0.4) is 0 Å². The molecule has 2 heteroatoms. The van der Waals surface area contributed by atoms with Crippen molar-refractivity contribution in [3.8, 4) is 0 Å². The Morgan fingerprint density at radius 1 is 1.08 bits per heavy atom. The monoisotopic (exact) mass is 182 g/mol. The molecule has 0 radical (unpaired) electrons. The molecule has 0 aliphatic rings. The van der Waals surface area contributed by atoms with Crippen LogP contribution in [0.25, 0.3) is 0 Å². The Bertz CT molecular complexity index is 81.3. The van der Waals surface area contributed by atoms with Crippen molar-refractivity contribution in [2.24, 2.45) is 0 Å². The minimum Gasteiger partial charge on any atom is -1.00 e. The number of hydrogen-bond acceptors (Lipinski definition) is 1. The van der Waals surface area contributed by atoms with Crippen molar-refractivity contribution in [2.45, 2.75) is 64.9 Å². The molecule has 0 saturated heterocycles. The second-order valence-electron chi connectivity index (χ2n) is 3.26. The van der Waals surface area contributed by atoms with E-state index >= 15 is 0 Å². The third kappa shape index (κ3) is 11.0. The number of rotatable bonds is 7. The van der Waals surface area contributed by atoms with Crippen molar-refractivity contribution in [3.63, 3.8) is 0 Å². The van der Waals surface area contributed by atoms with Crippen molar-refractivity contribution >= 4 is 0 Å². The van der Waals surface area contributed by atoms with Gasteiger partial charge in [-0.2, -0.15) is 0 Å². The molecule has 0 aromatic rings. The van der Waals surface area contributed by atoms with E-state index in [1.54, 1.807) is 0 Å². The van der Waals surface area contributed by atoms with Crippen LogP contribution in [-0.4, -0.2) is 11.2 Å². The van der Waals surface area contributed by atoms with E-state index in [1.165, 1.54) is 32.1 Å². The molecule has 0 fully saturated rings. The summed E-state index contributed by atoms with van der Waals surface area (Å²) in [5.41, 5.74) is 0. The summed E-state index contributed by atoms with van der Waals surface area (Å²) in [6.07, 6.45) is 8.36. The molecular weight excluding hydrogens is 159 g/mol. The van der Waals surface area contributed by atoms with E-state index < -0.39 is 0 Å². The van der Waals surface area contributed by atoms with Crippen LogP contribution in [-0.2, 0) is 0 Å². The number of aliphatic hydroxyl groups excluding tert-OH is 1. The molecule has 1 N–H and O–H groups in total. The predicted octanol–water partition coefficient (Wildman–Crippen LogP) is 0.234. The molecule has 0 aliphatic carbocycles. The summed E-state index contributed by atoms with van der Waals surface area (Å²) >= 11 is 0. The zero-order valence-electron chi connectivity index (χ0n) is 9.97. The molecule has 0 saturated carbocycles. The summed E-state index contributed by atoms with van der Waals surface area (Å²) in [7, 11) is 0. The molecule has 70 valence electrons. The third-order valence-corrected chi connectivity index (χ3v) is 2.11. The van der Waals surface area contributed by atoms with E-state index in [2.05, 4.69) is 6.92 Å². The van der Waals surface area contributed by atoms with Crippen molar-refractivity contribution < 1.29 is 36.1 Å². The van der Waals surface area contributed by atoms with Gasteiger partial charge in [-0.25, -0.2) is 0 Å². The largest absolute Gasteiger partial charge is 1.00 e. The minimum absolute atomic E-state index is 0. The average Bonchev–Trinajstić information content (AvgIpc) is 2.04. The van der Waals surface area contributed by atoms with Gasteiger partial charge < -0.3 is 6.53 Å². The van der Waals surface area contributed by atoms with Gasteiger partial charge in [-0.1, -0.05) is 46.0 Å². The van der Waals surface area contributed by atoms with Crippen LogP contribution >= 0.6 is 0 Å². The van der Waals surface area contributed by atoms with Crippen LogP contribution in [0, 0.1) is 0 Å². The van der Waals surface area contributed by atoms with Crippen LogP contribution in [0.4, 0.5) is 0 Å². The normalized spacial score (nSPS) is 12.2. The Kier molecular flexibility index (Phi) is 15.4. The van der Waals surface area contributed by atoms with E-state index in [4.69, 9.17) is 0 Å². The molecule has 0 amide bonds. The van der Waals surface area contributed by atoms with Gasteiger partial charge in [0, 0.05) is 0 Å². The molecule has 1 nitrogen and oxygen atoms in total. The molecule has 0 spiro atoms. The van der Waals surface area contributed by atoms with Gasteiger partial charge in [0.1, 0.15) is 0 Å². The van der Waals surface area contributed by atoms with Gasteiger partial charge in [-0.05, 0) is 12.8 Å². The SMILES string of the molecule is CCCCCCCC(O)CC.[H-].[Na+]. The Morgan fingerprint density at radius 3 is 2.17 bits per heavy atom. The quantitative estimate of drug-likeness (QED) is 0.441. The molecule has 12 heavy (non-hydrogen) atoms. The second-order valence-corrected chi connectivity index (χ2v) is 3.26. The summed E-state index contributed by atoms with van der Waals surface area (Å²) < 4.78 is 0. The Labute approximate surface area is 101 Å². The molecule has 1 atom stereocenters. The first-order valence-electron chi connectivity index (χ1n) is 4.99. The van der Waals surface area contributed by atoms with Crippen LogP contribution in [0.2, 0.25) is 0 Å². The number of unbranched alkanes of at least 4 members (excludes halogenated alkanes) is 4. The molecule has 0 aliphatic heterocycles. The standard InChI is InChI=1S/C10H22O.Na.H/c1-3-5-6-7-8-9-10(11)4-2;;/h10-11H,3-9H2,1-2H3;;/q;+1;-1. The summed E-state index contributed by atoms with van der Waals surface area (Å²) in [5, 5.41) is 9.21. The topological polar surface area (TPSA) is 20.2 Å². The molecule has 0 aromatic carbocycles. The first-order chi connectivity index (χ1) is 5.31. The fraction of sp³-hybridized carbons (Fsp3) is 1.00. The average molecular weight is 182 g/mol. The second kappa shape index (κ2) is 12.0. The number of hydrogen-bond donors (Lipinski definition) is 1. The van der Waals surface area contributed by atoms with Gasteiger partial charge >= 0.3 is 29.6 Å². The Morgan fingerprint density at radius 2 is 1.67 bits per heavy atom. The maximum atomic E-state index is 9.21. The Balaban J connectivity index is -0.000000500. The maximum Gasteiger partial charge on any atom is 1.00 e. The van der Waals surface area contributed by atoms with E-state index in [0.717, 1.165) is 12.8 Å². The van der Waals surface area contributed by atoms with Crippen molar-refractivity contribution in [1.82, 2.24) is 0 Å². The third-order valence-electron chi connectivity index (χ3n) is 2.11. The van der Waals surface area contributed by atoms with Crippen molar-refractivity contribution in [3.05, 3.63) is 0 Å². The van der Waals surface area contributed by atoms with E-state index in [9.17, 15) is 5.11 Å². The smallest absolute Gasteiger partial charge is 1.00 e. The molecule has 0 aromatic heterocycles. The minimum atomic E-state index is -0.0448. The van der Waals surface area contributed by atoms with E-state index in [0.29, 0.717) is 0 Å². The van der Waals surface area contributed by atoms with Gasteiger partial charge in [0.05, 0.1) is 6.10 Å². The summed E-state index contributed by atoms with van der Waals surface area (Å²) in [5.74, 6) is 0. The zero-order valence-corrected chi connectivity index (χ0v) is 11.0. The first-order valence-corrected chi connectivity index (χ1v) is 4.99. The van der Waals surface area contributed by atoms with Crippen LogP contribution < -0.4 is 29.6 Å². The molecule has 0 rings (SSSR count). The van der Waals surface area contributed by atoms with Crippen LogP contribution in [0.5, 0.6) is 0 Å². The summed E-state index contributed by atoms with van der Waals surface area (Å²) in [6, 6.07) is 0. The van der Waals surface area contributed by atoms with Crippen LogP contribution in [0.1, 0.15) is 60.2 Å². The summed E-state index contributed by atoms with van der Waals surface area (Å²) in [4.78, 5) is 0. The maximum absolute atomic E-state index is 9.21.